The van der Waals surface area contributed by atoms with E-state index in [2.05, 4.69) is 76.3 Å². The third-order valence-corrected chi connectivity index (χ3v) is 10.3. The molecule has 0 radical (unpaired) electrons. The van der Waals surface area contributed by atoms with Crippen molar-refractivity contribution in [2.45, 2.75) is 49.5 Å². The summed E-state index contributed by atoms with van der Waals surface area (Å²) in [6.07, 6.45) is 8.64. The second kappa shape index (κ2) is 7.94. The number of furan rings is 1. The van der Waals surface area contributed by atoms with E-state index in [4.69, 9.17) is 20.1 Å². The predicted molar refractivity (Wildman–Crippen MR) is 154 cm³/mol. The second-order valence-corrected chi connectivity index (χ2v) is 12.5. The third-order valence-electron chi connectivity index (χ3n) is 10.3. The van der Waals surface area contributed by atoms with Gasteiger partial charge >= 0.3 is 0 Å². The molecule has 6 atom stereocenters. The molecule has 40 heavy (non-hydrogen) atoms. The number of nitrogens with one attached hydrogen (secondary N) is 2. The first-order chi connectivity index (χ1) is 19.4. The number of nitrogens with zero attached hydrogens (tertiary/aromatic N) is 4. The van der Waals surface area contributed by atoms with Gasteiger partial charge in [0.05, 0.1) is 41.5 Å². The van der Waals surface area contributed by atoms with E-state index < -0.39 is 0 Å². The minimum Gasteiger partial charge on any atom is -0.456 e. The van der Waals surface area contributed by atoms with Gasteiger partial charge in [0.15, 0.2) is 0 Å². The first-order valence-corrected chi connectivity index (χ1v) is 14.4. The molecule has 4 fully saturated rings. The van der Waals surface area contributed by atoms with Crippen molar-refractivity contribution in [3.8, 4) is 33.8 Å². The van der Waals surface area contributed by atoms with E-state index in [0.29, 0.717) is 12.0 Å². The Morgan fingerprint density at radius 3 is 2.25 bits per heavy atom. The molecule has 2 saturated heterocycles. The monoisotopic (exact) mass is 531 g/mol. The highest BCUT2D eigenvalue weighted by Gasteiger charge is 2.62. The fraction of sp³-hybridized carbons (Fsp3) is 0.375. The highest BCUT2D eigenvalue weighted by atomic mass is 16.3. The third kappa shape index (κ3) is 3.36. The Labute approximate surface area is 232 Å². The van der Waals surface area contributed by atoms with Crippen molar-refractivity contribution in [1.82, 2.24) is 29.7 Å². The van der Waals surface area contributed by atoms with E-state index in [1.54, 1.807) is 0 Å². The van der Waals surface area contributed by atoms with Gasteiger partial charge in [-0.15, -0.1) is 0 Å². The van der Waals surface area contributed by atoms with Crippen LogP contribution in [0.3, 0.4) is 0 Å². The minimum absolute atomic E-state index is 0.129. The van der Waals surface area contributed by atoms with Crippen LogP contribution < -0.4 is 5.73 Å². The Balaban J connectivity index is 0.943. The molecule has 5 heterocycles. The number of hydrogen-bond acceptors (Lipinski definition) is 6. The van der Waals surface area contributed by atoms with Crippen LogP contribution in [0.5, 0.6) is 0 Å². The molecule has 3 aromatic heterocycles. The van der Waals surface area contributed by atoms with Crippen LogP contribution in [0.1, 0.15) is 49.4 Å². The second-order valence-electron chi connectivity index (χ2n) is 12.5. The average Bonchev–Trinajstić information content (AvgIpc) is 3.44. The molecular weight excluding hydrogens is 498 g/mol. The minimum atomic E-state index is -0.129. The molecular formula is C32H33N7O. The number of hydrogen-bond donors (Lipinski definition) is 3. The first kappa shape index (κ1) is 23.0. The van der Waals surface area contributed by atoms with Crippen molar-refractivity contribution >= 4 is 11.0 Å². The van der Waals surface area contributed by atoms with Gasteiger partial charge in [0.2, 0.25) is 0 Å². The molecule has 2 aliphatic carbocycles. The molecule has 202 valence electrons. The Morgan fingerprint density at radius 1 is 0.850 bits per heavy atom. The van der Waals surface area contributed by atoms with Gasteiger partial charge in [-0.05, 0) is 81.4 Å². The summed E-state index contributed by atoms with van der Waals surface area (Å²) in [5, 5.41) is 1.07. The SMILES string of the molecule is CN1[C@@H]2C[C@@H]2C[C@H]1c1ncc(-c2ccc(-c3cc4cc(-c5cnc([C@@H]6C[C@H]7C[C@@]7(N)N6C)[nH]5)ccc4o3)cc2)[nH]1. The molecule has 2 aromatic carbocycles. The van der Waals surface area contributed by atoms with Crippen LogP contribution in [0.2, 0.25) is 0 Å². The molecule has 0 amide bonds. The summed E-state index contributed by atoms with van der Waals surface area (Å²) in [6.45, 7) is 0. The van der Waals surface area contributed by atoms with Gasteiger partial charge in [-0.1, -0.05) is 24.3 Å². The maximum Gasteiger partial charge on any atom is 0.135 e. The summed E-state index contributed by atoms with van der Waals surface area (Å²) >= 11 is 0. The molecule has 5 aromatic rings. The van der Waals surface area contributed by atoms with Crippen LogP contribution in [0.25, 0.3) is 44.8 Å². The zero-order valence-electron chi connectivity index (χ0n) is 22.8. The Bertz CT molecular complexity index is 1770. The van der Waals surface area contributed by atoms with Gasteiger partial charge in [0.25, 0.3) is 0 Å². The predicted octanol–water partition coefficient (Wildman–Crippen LogP) is 5.70. The van der Waals surface area contributed by atoms with Crippen molar-refractivity contribution in [3.63, 3.8) is 0 Å². The molecule has 0 unspecified atom stereocenters. The topological polar surface area (TPSA) is 103 Å². The number of aromatic amines is 2. The van der Waals surface area contributed by atoms with Crippen molar-refractivity contribution in [1.29, 1.82) is 0 Å². The molecule has 4 aliphatic rings. The number of piperidine rings is 2. The largest absolute Gasteiger partial charge is 0.456 e. The average molecular weight is 532 g/mol. The molecule has 8 heteroatoms. The zero-order valence-corrected chi connectivity index (χ0v) is 22.8. The number of fused-ring (bicyclic) bond motifs is 3. The van der Waals surface area contributed by atoms with Gasteiger partial charge in [-0.25, -0.2) is 9.97 Å². The Kier molecular flexibility index (Phi) is 4.57. The Morgan fingerprint density at radius 2 is 1.55 bits per heavy atom. The maximum absolute atomic E-state index is 6.49. The van der Waals surface area contributed by atoms with Crippen LogP contribution in [-0.2, 0) is 0 Å². The fourth-order valence-corrected chi connectivity index (χ4v) is 7.51. The molecule has 2 saturated carbocycles. The van der Waals surface area contributed by atoms with Crippen LogP contribution in [0.15, 0.2) is 65.3 Å². The number of rotatable bonds is 5. The molecule has 2 aliphatic heterocycles. The lowest BCUT2D eigenvalue weighted by molar-refractivity contribution is 0.193. The lowest BCUT2D eigenvalue weighted by Gasteiger charge is -2.25. The molecule has 9 rings (SSSR count). The van der Waals surface area contributed by atoms with Gasteiger partial charge in [-0.3, -0.25) is 9.80 Å². The highest BCUT2D eigenvalue weighted by molar-refractivity contribution is 5.87. The summed E-state index contributed by atoms with van der Waals surface area (Å²) in [6, 6.07) is 18.4. The van der Waals surface area contributed by atoms with Crippen LogP contribution in [0.4, 0.5) is 0 Å². The number of benzene rings is 2. The van der Waals surface area contributed by atoms with Gasteiger partial charge in [-0.2, -0.15) is 0 Å². The summed E-state index contributed by atoms with van der Waals surface area (Å²) in [5.41, 5.74) is 12.6. The van der Waals surface area contributed by atoms with Crippen LogP contribution >= 0.6 is 0 Å². The summed E-state index contributed by atoms with van der Waals surface area (Å²) < 4.78 is 6.24. The van der Waals surface area contributed by atoms with Gasteiger partial charge in [0.1, 0.15) is 23.0 Å². The van der Waals surface area contributed by atoms with Gasteiger partial charge < -0.3 is 20.1 Å². The molecule has 8 nitrogen and oxygen atoms in total. The maximum atomic E-state index is 6.49. The number of likely N-dealkylation sites (tertiary alicyclic amines) is 2. The molecule has 0 bridgehead atoms. The molecule has 4 N–H and O–H groups in total. The number of H-pyrrole nitrogens is 2. The lowest BCUT2D eigenvalue weighted by Crippen LogP contribution is -2.40. The van der Waals surface area contributed by atoms with E-state index in [-0.39, 0.29) is 11.7 Å². The fourth-order valence-electron chi connectivity index (χ4n) is 7.51. The highest BCUT2D eigenvalue weighted by Crippen LogP contribution is 2.57. The van der Waals surface area contributed by atoms with E-state index in [1.807, 2.05) is 18.5 Å². The summed E-state index contributed by atoms with van der Waals surface area (Å²) in [5.74, 6) is 4.40. The summed E-state index contributed by atoms with van der Waals surface area (Å²) in [7, 11) is 4.35. The summed E-state index contributed by atoms with van der Waals surface area (Å²) in [4.78, 5) is 21.4. The molecule has 0 spiro atoms. The van der Waals surface area contributed by atoms with E-state index in [0.717, 1.165) is 81.3 Å². The number of nitrogens with two attached hydrogens (primary N) is 1. The normalized spacial score (nSPS) is 31.1. The Hall–Kier alpha value is -3.72. The zero-order chi connectivity index (χ0) is 26.7. The first-order valence-electron chi connectivity index (χ1n) is 14.4. The van der Waals surface area contributed by atoms with E-state index >= 15 is 0 Å². The number of aromatic nitrogens is 4. The van der Waals surface area contributed by atoms with E-state index in [1.165, 1.54) is 12.8 Å². The quantitative estimate of drug-likeness (QED) is 0.269. The smallest absolute Gasteiger partial charge is 0.135 e. The van der Waals surface area contributed by atoms with Gasteiger partial charge in [0, 0.05) is 22.6 Å². The van der Waals surface area contributed by atoms with E-state index in [9.17, 15) is 0 Å². The standard InChI is InChI=1S/C32H33N7O/c1-38-25-10-20(25)11-26(38)30-34-15-23(36-30)17-3-5-18(6-4-17)29-12-21-9-19(7-8-28(21)40-29)24-16-35-31(37-24)27-13-22-14-32(22,33)39(27)2/h3-9,12,15-16,20,22,25-27H,10-11,13-14,33H2,1-2H3,(H,34,36)(H,35,37)/t20-,22+,25-,26+,27+,32-/m1/s1. The van der Waals surface area contributed by atoms with Crippen LogP contribution in [-0.4, -0.2) is 55.5 Å². The van der Waals surface area contributed by atoms with Crippen molar-refractivity contribution in [3.05, 3.63) is 72.6 Å². The van der Waals surface area contributed by atoms with Crippen molar-refractivity contribution in [2.24, 2.45) is 17.6 Å². The van der Waals surface area contributed by atoms with Crippen molar-refractivity contribution in [2.75, 3.05) is 14.1 Å². The number of imidazole rings is 2. The van der Waals surface area contributed by atoms with Crippen molar-refractivity contribution < 1.29 is 4.42 Å². The van der Waals surface area contributed by atoms with Crippen LogP contribution in [0, 0.1) is 11.8 Å². The lowest BCUT2D eigenvalue weighted by atomic mass is 10.1.